The zero-order valence-electron chi connectivity index (χ0n) is 5.13. The Labute approximate surface area is 59.2 Å². The number of rotatable bonds is 2. The highest BCUT2D eigenvalue weighted by atomic mass is 32.1. The van der Waals surface area contributed by atoms with E-state index < -0.39 is 0 Å². The molecule has 0 radical (unpaired) electrons. The van der Waals surface area contributed by atoms with E-state index in [0.29, 0.717) is 0 Å². The maximum Gasteiger partial charge on any atom is -0.00150 e. The first kappa shape index (κ1) is 6.30. The van der Waals surface area contributed by atoms with Crippen LogP contribution in [0.3, 0.4) is 0 Å². The molecule has 0 atom stereocenters. The lowest BCUT2D eigenvalue weighted by atomic mass is 10.2. The Morgan fingerprint density at radius 1 is 1.67 bits per heavy atom. The second kappa shape index (κ2) is 2.65. The lowest BCUT2D eigenvalue weighted by Crippen LogP contribution is -1.67. The van der Waals surface area contributed by atoms with Crippen molar-refractivity contribution in [1.29, 1.82) is 0 Å². The molecule has 0 N–H and O–H groups in total. The summed E-state index contributed by atoms with van der Waals surface area (Å²) in [6.45, 7) is 7.43. The van der Waals surface area contributed by atoms with E-state index >= 15 is 0 Å². The number of hydrogen-bond acceptors (Lipinski definition) is 1. The van der Waals surface area contributed by atoms with Crippen molar-refractivity contribution in [3.63, 3.8) is 0 Å². The van der Waals surface area contributed by atoms with Crippen molar-refractivity contribution in [2.45, 2.75) is 0 Å². The molecular formula is C8H8S. The highest BCUT2D eigenvalue weighted by Gasteiger charge is 1.90. The predicted octanol–water partition coefficient (Wildman–Crippen LogP) is 2.95. The van der Waals surface area contributed by atoms with Crippen LogP contribution < -0.4 is 0 Å². The van der Waals surface area contributed by atoms with Gasteiger partial charge in [-0.3, -0.25) is 0 Å². The zero-order valence-corrected chi connectivity index (χ0v) is 5.95. The Hall–Kier alpha value is -0.820. The first-order valence-corrected chi connectivity index (χ1v) is 3.63. The molecule has 0 saturated heterocycles. The Kier molecular flexibility index (Phi) is 1.85. The number of allylic oxidation sites excluding steroid dienone is 2. The van der Waals surface area contributed by atoms with Crippen molar-refractivity contribution in [3.8, 4) is 0 Å². The van der Waals surface area contributed by atoms with Crippen LogP contribution in [0.5, 0.6) is 0 Å². The molecule has 0 bridgehead atoms. The molecule has 46 valence electrons. The van der Waals surface area contributed by atoms with Gasteiger partial charge >= 0.3 is 0 Å². The summed E-state index contributed by atoms with van der Waals surface area (Å²) >= 11 is 1.67. The topological polar surface area (TPSA) is 0 Å². The average Bonchev–Trinajstić information content (AvgIpc) is 2.37. The van der Waals surface area contributed by atoms with Crippen molar-refractivity contribution in [3.05, 3.63) is 41.6 Å². The molecule has 0 fully saturated rings. The fourth-order valence-corrected chi connectivity index (χ4v) is 1.25. The van der Waals surface area contributed by atoms with Gasteiger partial charge in [0.15, 0.2) is 0 Å². The number of hydrogen-bond donors (Lipinski definition) is 0. The zero-order chi connectivity index (χ0) is 6.69. The van der Waals surface area contributed by atoms with Gasteiger partial charge in [0.25, 0.3) is 0 Å². The van der Waals surface area contributed by atoms with E-state index in [4.69, 9.17) is 0 Å². The molecule has 0 nitrogen and oxygen atoms in total. The Balaban J connectivity index is 2.89. The monoisotopic (exact) mass is 136 g/mol. The third-order valence-corrected chi connectivity index (χ3v) is 1.82. The van der Waals surface area contributed by atoms with Crippen LogP contribution in [0.1, 0.15) is 5.56 Å². The van der Waals surface area contributed by atoms with Crippen LogP contribution in [0.25, 0.3) is 5.57 Å². The van der Waals surface area contributed by atoms with Gasteiger partial charge in [0.1, 0.15) is 0 Å². The summed E-state index contributed by atoms with van der Waals surface area (Å²) in [6.07, 6.45) is 1.77. The van der Waals surface area contributed by atoms with Crippen LogP contribution in [0.15, 0.2) is 36.1 Å². The molecule has 0 aromatic carbocycles. The van der Waals surface area contributed by atoms with Gasteiger partial charge in [-0.15, -0.1) is 0 Å². The maximum absolute atomic E-state index is 3.80. The minimum atomic E-state index is 0.997. The Morgan fingerprint density at radius 2 is 2.44 bits per heavy atom. The standard InChI is InChI=1S/C8H8S/c1-3-7(2)8-4-5-9-6-8/h3-6H,1-2H2. The summed E-state index contributed by atoms with van der Waals surface area (Å²) in [5.74, 6) is 0. The lowest BCUT2D eigenvalue weighted by Gasteiger charge is -1.89. The number of thiophene rings is 1. The van der Waals surface area contributed by atoms with Gasteiger partial charge in [0.05, 0.1) is 0 Å². The van der Waals surface area contributed by atoms with Crippen LogP contribution in [0.2, 0.25) is 0 Å². The van der Waals surface area contributed by atoms with E-state index in [1.165, 1.54) is 5.56 Å². The van der Waals surface area contributed by atoms with E-state index in [0.717, 1.165) is 5.57 Å². The second-order valence-corrected chi connectivity index (χ2v) is 2.52. The van der Waals surface area contributed by atoms with Crippen LogP contribution in [-0.2, 0) is 0 Å². The van der Waals surface area contributed by atoms with E-state index in [2.05, 4.69) is 18.5 Å². The molecule has 1 heteroatoms. The summed E-state index contributed by atoms with van der Waals surface area (Å²) in [5.41, 5.74) is 2.17. The van der Waals surface area contributed by atoms with Crippen LogP contribution in [0, 0.1) is 0 Å². The molecule has 0 saturated carbocycles. The van der Waals surface area contributed by atoms with Crippen molar-refractivity contribution in [1.82, 2.24) is 0 Å². The third-order valence-electron chi connectivity index (χ3n) is 1.14. The minimum Gasteiger partial charge on any atom is -0.152 e. The smallest absolute Gasteiger partial charge is 0.00150 e. The van der Waals surface area contributed by atoms with Gasteiger partial charge in [-0.2, -0.15) is 11.3 Å². The van der Waals surface area contributed by atoms with Gasteiger partial charge in [-0.1, -0.05) is 19.2 Å². The Bertz CT molecular complexity index is 206. The van der Waals surface area contributed by atoms with E-state index in [1.54, 1.807) is 17.4 Å². The fourth-order valence-electron chi connectivity index (χ4n) is 0.565. The summed E-state index contributed by atoms with van der Waals surface area (Å²) in [5, 5.41) is 4.09. The molecule has 0 spiro atoms. The van der Waals surface area contributed by atoms with Crippen LogP contribution in [-0.4, -0.2) is 0 Å². The maximum atomic E-state index is 3.80. The normalized spacial score (nSPS) is 8.89. The molecule has 0 amide bonds. The minimum absolute atomic E-state index is 0.997. The average molecular weight is 136 g/mol. The van der Waals surface area contributed by atoms with E-state index in [1.807, 2.05) is 11.4 Å². The molecular weight excluding hydrogens is 128 g/mol. The fraction of sp³-hybridized carbons (Fsp3) is 0. The van der Waals surface area contributed by atoms with Gasteiger partial charge in [-0.05, 0) is 28.0 Å². The largest absolute Gasteiger partial charge is 0.152 e. The Morgan fingerprint density at radius 3 is 2.89 bits per heavy atom. The van der Waals surface area contributed by atoms with Gasteiger partial charge in [0.2, 0.25) is 0 Å². The first-order valence-electron chi connectivity index (χ1n) is 2.68. The molecule has 0 aliphatic heterocycles. The molecule has 9 heavy (non-hydrogen) atoms. The van der Waals surface area contributed by atoms with Crippen molar-refractivity contribution >= 4 is 16.9 Å². The van der Waals surface area contributed by atoms with Crippen molar-refractivity contribution in [2.24, 2.45) is 0 Å². The molecule has 0 unspecified atom stereocenters. The molecule has 0 aliphatic rings. The molecule has 1 aromatic rings. The summed E-state index contributed by atoms with van der Waals surface area (Å²) in [6, 6.07) is 2.04. The van der Waals surface area contributed by atoms with E-state index in [-0.39, 0.29) is 0 Å². The molecule has 1 aromatic heterocycles. The lowest BCUT2D eigenvalue weighted by molar-refractivity contribution is 1.81. The van der Waals surface area contributed by atoms with Crippen LogP contribution in [0.4, 0.5) is 0 Å². The van der Waals surface area contributed by atoms with E-state index in [9.17, 15) is 0 Å². The second-order valence-electron chi connectivity index (χ2n) is 1.74. The first-order chi connectivity index (χ1) is 4.34. The predicted molar refractivity (Wildman–Crippen MR) is 43.6 cm³/mol. The molecule has 0 aliphatic carbocycles. The summed E-state index contributed by atoms with van der Waals surface area (Å²) in [4.78, 5) is 0. The highest BCUT2D eigenvalue weighted by Crippen LogP contribution is 2.15. The van der Waals surface area contributed by atoms with Gasteiger partial charge in [-0.25, -0.2) is 0 Å². The van der Waals surface area contributed by atoms with Crippen molar-refractivity contribution in [2.75, 3.05) is 0 Å². The third kappa shape index (κ3) is 1.30. The highest BCUT2D eigenvalue weighted by molar-refractivity contribution is 7.08. The summed E-state index contributed by atoms with van der Waals surface area (Å²) < 4.78 is 0. The quantitative estimate of drug-likeness (QED) is 0.548. The molecule has 1 rings (SSSR count). The summed E-state index contributed by atoms with van der Waals surface area (Å²) in [7, 11) is 0. The van der Waals surface area contributed by atoms with Crippen LogP contribution >= 0.6 is 11.3 Å². The van der Waals surface area contributed by atoms with Gasteiger partial charge in [0, 0.05) is 0 Å². The molecule has 1 heterocycles. The SMILES string of the molecule is C=CC(=C)c1ccsc1. The van der Waals surface area contributed by atoms with Gasteiger partial charge < -0.3 is 0 Å². The van der Waals surface area contributed by atoms with Crippen molar-refractivity contribution < 1.29 is 0 Å².